The zero-order valence-corrected chi connectivity index (χ0v) is 23.5. The minimum absolute atomic E-state index is 0.529. The van der Waals surface area contributed by atoms with E-state index >= 15 is 0 Å². The maximum atomic E-state index is 11.9. The first kappa shape index (κ1) is 26.1. The lowest BCUT2D eigenvalue weighted by Gasteiger charge is -2.38. The summed E-state index contributed by atoms with van der Waals surface area (Å²) >= 11 is 0. The lowest BCUT2D eigenvalue weighted by Crippen LogP contribution is -2.48. The maximum Gasteiger partial charge on any atom is 0.119 e. The second-order valence-electron chi connectivity index (χ2n) is 11.1. The van der Waals surface area contributed by atoms with Crippen LogP contribution in [0.25, 0.3) is 10.9 Å². The number of ether oxygens (including phenoxy) is 1. The number of aromatic nitrogens is 1. The van der Waals surface area contributed by atoms with Crippen LogP contribution in [0, 0.1) is 0 Å². The largest absolute Gasteiger partial charge is 0.382 e. The molecule has 204 valence electrons. The molecule has 1 saturated heterocycles. The van der Waals surface area contributed by atoms with Crippen LogP contribution in [0.5, 0.6) is 0 Å². The number of para-hydroxylation sites is 1. The molecule has 6 rings (SSSR count). The second kappa shape index (κ2) is 11.2. The van der Waals surface area contributed by atoms with Crippen LogP contribution in [0.4, 0.5) is 5.69 Å². The van der Waals surface area contributed by atoms with Crippen molar-refractivity contribution in [2.24, 2.45) is 7.05 Å². The fraction of sp³-hybridized carbons (Fsp3) is 0.412. The molecule has 1 aromatic heterocycles. The van der Waals surface area contributed by atoms with Gasteiger partial charge in [-0.15, -0.1) is 0 Å². The highest BCUT2D eigenvalue weighted by Gasteiger charge is 2.41. The molecule has 39 heavy (non-hydrogen) atoms. The smallest absolute Gasteiger partial charge is 0.119 e. The Morgan fingerprint density at radius 1 is 0.974 bits per heavy atom. The number of aliphatic hydroxyl groups is 1. The molecule has 2 aliphatic heterocycles. The van der Waals surface area contributed by atoms with Crippen molar-refractivity contribution in [3.63, 3.8) is 0 Å². The average molecular weight is 524 g/mol. The Balaban J connectivity index is 1.30. The lowest BCUT2D eigenvalue weighted by molar-refractivity contribution is 0.123. The minimum atomic E-state index is -0.693. The molecular formula is C34H41N3O2. The Kier molecular flexibility index (Phi) is 7.48. The molecule has 0 bridgehead atoms. The number of benzene rings is 3. The molecule has 0 saturated carbocycles. The van der Waals surface area contributed by atoms with E-state index in [4.69, 9.17) is 4.74 Å². The van der Waals surface area contributed by atoms with E-state index in [2.05, 4.69) is 89.9 Å². The molecule has 3 unspecified atom stereocenters. The maximum absolute atomic E-state index is 11.9. The molecule has 5 heteroatoms. The van der Waals surface area contributed by atoms with Gasteiger partial charge in [-0.05, 0) is 67.2 Å². The molecule has 3 atom stereocenters. The Morgan fingerprint density at radius 2 is 1.77 bits per heavy atom. The molecule has 4 aromatic rings. The number of fused-ring (bicyclic) bond motifs is 4. The van der Waals surface area contributed by atoms with E-state index in [1.54, 1.807) is 0 Å². The van der Waals surface area contributed by atoms with Gasteiger partial charge in [-0.2, -0.15) is 0 Å². The fourth-order valence-corrected chi connectivity index (χ4v) is 7.05. The van der Waals surface area contributed by atoms with E-state index in [0.717, 1.165) is 49.4 Å². The number of aliphatic hydroxyl groups excluding tert-OH is 1. The van der Waals surface area contributed by atoms with E-state index < -0.39 is 6.10 Å². The molecular weight excluding hydrogens is 482 g/mol. The minimum Gasteiger partial charge on any atom is -0.382 e. The predicted molar refractivity (Wildman–Crippen MR) is 160 cm³/mol. The normalized spacial score (nSPS) is 19.8. The van der Waals surface area contributed by atoms with Gasteiger partial charge in [0.05, 0.1) is 18.9 Å². The summed E-state index contributed by atoms with van der Waals surface area (Å²) in [6.07, 6.45) is 1.24. The van der Waals surface area contributed by atoms with Crippen molar-refractivity contribution in [3.8, 4) is 0 Å². The first-order chi connectivity index (χ1) is 19.1. The number of piperidine rings is 1. The van der Waals surface area contributed by atoms with Gasteiger partial charge in [-0.25, -0.2) is 0 Å². The van der Waals surface area contributed by atoms with Crippen molar-refractivity contribution < 1.29 is 9.84 Å². The highest BCUT2D eigenvalue weighted by Crippen LogP contribution is 2.46. The van der Waals surface area contributed by atoms with Gasteiger partial charge in [-0.3, -0.25) is 0 Å². The number of aryl methyl sites for hydroxylation is 1. The van der Waals surface area contributed by atoms with Crippen LogP contribution in [0.15, 0.2) is 72.8 Å². The molecule has 0 amide bonds. The number of likely N-dealkylation sites (N-methyl/N-ethyl adjacent to an activating group) is 2. The SMILES string of the molecule is CCN1CCC2c3cc(C(O)c4c(CCOCc5ccccc5)c5ccccc5n4C)ccc3N(CC)C2C1. The van der Waals surface area contributed by atoms with Crippen molar-refractivity contribution in [1.82, 2.24) is 9.47 Å². The number of hydrogen-bond acceptors (Lipinski definition) is 4. The van der Waals surface area contributed by atoms with Gasteiger partial charge in [0, 0.05) is 48.7 Å². The quantitative estimate of drug-likeness (QED) is 0.272. The third-order valence-electron chi connectivity index (χ3n) is 9.06. The molecule has 0 aliphatic carbocycles. The van der Waals surface area contributed by atoms with Crippen molar-refractivity contribution >= 4 is 16.6 Å². The fourth-order valence-electron chi connectivity index (χ4n) is 7.05. The summed E-state index contributed by atoms with van der Waals surface area (Å²) in [5.74, 6) is 0.535. The summed E-state index contributed by atoms with van der Waals surface area (Å²) in [6.45, 7) is 10.1. The summed E-state index contributed by atoms with van der Waals surface area (Å²) in [6, 6.07) is 26.0. The second-order valence-corrected chi connectivity index (χ2v) is 11.1. The lowest BCUT2D eigenvalue weighted by atomic mass is 9.86. The van der Waals surface area contributed by atoms with E-state index in [1.165, 1.54) is 34.2 Å². The van der Waals surface area contributed by atoms with Gasteiger partial charge in [0.1, 0.15) is 6.10 Å². The summed E-state index contributed by atoms with van der Waals surface area (Å²) < 4.78 is 8.26. The van der Waals surface area contributed by atoms with Gasteiger partial charge in [0.15, 0.2) is 0 Å². The number of hydrogen-bond donors (Lipinski definition) is 1. The Morgan fingerprint density at radius 3 is 2.56 bits per heavy atom. The zero-order valence-electron chi connectivity index (χ0n) is 23.5. The number of rotatable bonds is 9. The summed E-state index contributed by atoms with van der Waals surface area (Å²) in [5.41, 5.74) is 8.24. The van der Waals surface area contributed by atoms with Crippen LogP contribution in [0.1, 0.15) is 60.2 Å². The van der Waals surface area contributed by atoms with Crippen molar-refractivity contribution in [3.05, 3.63) is 101 Å². The van der Waals surface area contributed by atoms with E-state index in [9.17, 15) is 5.11 Å². The molecule has 2 aliphatic rings. The predicted octanol–water partition coefficient (Wildman–Crippen LogP) is 6.04. The van der Waals surface area contributed by atoms with Crippen LogP contribution in [-0.2, 0) is 24.8 Å². The number of likely N-dealkylation sites (tertiary alicyclic amines) is 1. The zero-order chi connectivity index (χ0) is 26.9. The molecule has 1 N–H and O–H groups in total. The van der Waals surface area contributed by atoms with Gasteiger partial charge in [0.2, 0.25) is 0 Å². The molecule has 3 heterocycles. The Bertz CT molecular complexity index is 1430. The molecule has 0 spiro atoms. The summed E-state index contributed by atoms with van der Waals surface area (Å²) in [4.78, 5) is 5.16. The van der Waals surface area contributed by atoms with E-state index in [-0.39, 0.29) is 0 Å². The first-order valence-electron chi connectivity index (χ1n) is 14.6. The van der Waals surface area contributed by atoms with E-state index in [1.807, 2.05) is 18.2 Å². The molecule has 1 fully saturated rings. The molecule has 3 aromatic carbocycles. The Hall–Kier alpha value is -3.12. The third kappa shape index (κ3) is 4.77. The topological polar surface area (TPSA) is 40.9 Å². The first-order valence-corrected chi connectivity index (χ1v) is 14.6. The average Bonchev–Trinajstić information content (AvgIpc) is 3.45. The third-order valence-corrected chi connectivity index (χ3v) is 9.06. The number of nitrogens with zero attached hydrogens (tertiary/aromatic N) is 3. The molecule has 5 nitrogen and oxygen atoms in total. The van der Waals surface area contributed by atoms with Gasteiger partial charge < -0.3 is 24.2 Å². The monoisotopic (exact) mass is 523 g/mol. The Labute approximate surface area is 232 Å². The number of anilines is 1. The summed E-state index contributed by atoms with van der Waals surface area (Å²) in [5, 5.41) is 13.1. The van der Waals surface area contributed by atoms with E-state index in [0.29, 0.717) is 25.2 Å². The standard InChI is InChI=1S/C34H41N3O2/c1-4-36-19-17-27-29-21-25(15-16-31(29)37(5-2)32(27)22-36)34(38)33-28(26-13-9-10-14-30(26)35(33)3)18-20-39-23-24-11-7-6-8-12-24/h6-16,21,27,32,34,38H,4-5,17-20,22-23H2,1-3H3. The van der Waals surface area contributed by atoms with Crippen molar-refractivity contribution in [1.29, 1.82) is 0 Å². The van der Waals surface area contributed by atoms with Crippen LogP contribution >= 0.6 is 0 Å². The summed E-state index contributed by atoms with van der Waals surface area (Å²) in [7, 11) is 2.08. The molecule has 0 radical (unpaired) electrons. The van der Waals surface area contributed by atoms with Crippen LogP contribution in [0.2, 0.25) is 0 Å². The van der Waals surface area contributed by atoms with Gasteiger partial charge in [-0.1, -0.05) is 67.6 Å². The highest BCUT2D eigenvalue weighted by atomic mass is 16.5. The van der Waals surface area contributed by atoms with Crippen molar-refractivity contribution in [2.75, 3.05) is 37.7 Å². The highest BCUT2D eigenvalue weighted by molar-refractivity contribution is 5.86. The van der Waals surface area contributed by atoms with Crippen LogP contribution in [-0.4, -0.2) is 53.4 Å². The van der Waals surface area contributed by atoms with Gasteiger partial charge in [0.25, 0.3) is 0 Å². The van der Waals surface area contributed by atoms with Crippen molar-refractivity contribution in [2.45, 2.75) is 51.4 Å². The van der Waals surface area contributed by atoms with Gasteiger partial charge >= 0.3 is 0 Å². The van der Waals surface area contributed by atoms with Crippen LogP contribution in [0.3, 0.4) is 0 Å². The van der Waals surface area contributed by atoms with Crippen LogP contribution < -0.4 is 4.90 Å².